The molecule has 0 bridgehead atoms. The molecule has 0 N–H and O–H groups in total. The summed E-state index contributed by atoms with van der Waals surface area (Å²) in [5.74, 6) is 0.924. The predicted octanol–water partition coefficient (Wildman–Crippen LogP) is 6.53. The van der Waals surface area contributed by atoms with Crippen molar-refractivity contribution in [1.29, 1.82) is 0 Å². The monoisotopic (exact) mass is 366 g/mol. The van der Waals surface area contributed by atoms with Crippen molar-refractivity contribution in [3.05, 3.63) is 54.1 Å². The van der Waals surface area contributed by atoms with Crippen LogP contribution in [0.2, 0.25) is 0 Å². The second-order valence-electron chi connectivity index (χ2n) is 6.57. The van der Waals surface area contributed by atoms with Crippen molar-refractivity contribution in [2.75, 3.05) is 6.61 Å². The summed E-state index contributed by atoms with van der Waals surface area (Å²) in [4.78, 5) is 0. The molecule has 0 radical (unpaired) electrons. The van der Waals surface area contributed by atoms with Crippen LogP contribution in [0, 0.1) is 6.92 Å². The van der Waals surface area contributed by atoms with Crippen molar-refractivity contribution in [3.63, 3.8) is 0 Å². The van der Waals surface area contributed by atoms with Crippen LogP contribution in [0.4, 0.5) is 0 Å². The van der Waals surface area contributed by atoms with Gasteiger partial charge in [0.1, 0.15) is 15.8 Å². The minimum Gasteiger partial charge on any atom is -0.494 e. The SMILES string of the molecule is CCCCCCCOc1ccc(-c2nnc(-c3ccc(C)cc3)s2)cc1. The van der Waals surface area contributed by atoms with Gasteiger partial charge in [-0.15, -0.1) is 10.2 Å². The Bertz CT molecular complexity index is 794. The molecule has 0 amide bonds. The number of aryl methyl sites for hydroxylation is 1. The Morgan fingerprint density at radius 2 is 1.35 bits per heavy atom. The van der Waals surface area contributed by atoms with Crippen molar-refractivity contribution in [2.24, 2.45) is 0 Å². The number of aromatic nitrogens is 2. The van der Waals surface area contributed by atoms with Crippen LogP contribution in [-0.4, -0.2) is 16.8 Å². The van der Waals surface area contributed by atoms with Crippen molar-refractivity contribution >= 4 is 11.3 Å². The van der Waals surface area contributed by atoms with Gasteiger partial charge in [-0.2, -0.15) is 0 Å². The summed E-state index contributed by atoms with van der Waals surface area (Å²) < 4.78 is 5.83. The molecule has 0 saturated heterocycles. The number of nitrogens with zero attached hydrogens (tertiary/aromatic N) is 2. The van der Waals surface area contributed by atoms with Gasteiger partial charge in [-0.05, 0) is 37.6 Å². The van der Waals surface area contributed by atoms with E-state index in [-0.39, 0.29) is 0 Å². The molecule has 3 nitrogen and oxygen atoms in total. The summed E-state index contributed by atoms with van der Waals surface area (Å²) in [6.07, 6.45) is 6.27. The molecule has 0 unspecified atom stereocenters. The number of rotatable bonds is 9. The second-order valence-corrected chi connectivity index (χ2v) is 7.54. The summed E-state index contributed by atoms with van der Waals surface area (Å²) in [6.45, 7) is 5.11. The first-order valence-corrected chi connectivity index (χ1v) is 10.2. The van der Waals surface area contributed by atoms with Gasteiger partial charge in [0.2, 0.25) is 0 Å². The first-order chi connectivity index (χ1) is 12.8. The molecule has 0 aliphatic rings. The molecule has 0 aliphatic carbocycles. The number of benzene rings is 2. The fourth-order valence-electron chi connectivity index (χ4n) is 2.74. The highest BCUT2D eigenvalue weighted by Gasteiger charge is 2.08. The summed E-state index contributed by atoms with van der Waals surface area (Å²) in [5, 5.41) is 10.6. The van der Waals surface area contributed by atoms with Gasteiger partial charge in [0.15, 0.2) is 0 Å². The first kappa shape index (κ1) is 18.6. The lowest BCUT2D eigenvalue weighted by Gasteiger charge is -2.06. The molecule has 0 aliphatic heterocycles. The van der Waals surface area contributed by atoms with E-state index < -0.39 is 0 Å². The summed E-state index contributed by atoms with van der Waals surface area (Å²) in [5.41, 5.74) is 3.44. The Kier molecular flexibility index (Phi) is 6.78. The van der Waals surface area contributed by atoms with Gasteiger partial charge in [-0.3, -0.25) is 0 Å². The topological polar surface area (TPSA) is 35.0 Å². The van der Waals surface area contributed by atoms with Crippen LogP contribution in [0.5, 0.6) is 5.75 Å². The van der Waals surface area contributed by atoms with Gasteiger partial charge < -0.3 is 4.74 Å². The molecule has 3 rings (SSSR count). The molecule has 2 aromatic carbocycles. The van der Waals surface area contributed by atoms with Crippen LogP contribution in [0.1, 0.15) is 44.6 Å². The second kappa shape index (κ2) is 9.48. The van der Waals surface area contributed by atoms with Crippen LogP contribution in [0.25, 0.3) is 21.1 Å². The average molecular weight is 367 g/mol. The molecule has 0 atom stereocenters. The van der Waals surface area contributed by atoms with E-state index in [1.54, 1.807) is 11.3 Å². The van der Waals surface area contributed by atoms with E-state index in [0.29, 0.717) is 0 Å². The van der Waals surface area contributed by atoms with Gasteiger partial charge in [-0.25, -0.2) is 0 Å². The third kappa shape index (κ3) is 5.15. The molecule has 3 aromatic rings. The predicted molar refractivity (Wildman–Crippen MR) is 110 cm³/mol. The molecule has 0 saturated carbocycles. The highest BCUT2D eigenvalue weighted by Crippen LogP contribution is 2.30. The van der Waals surface area contributed by atoms with E-state index >= 15 is 0 Å². The van der Waals surface area contributed by atoms with Crippen molar-refractivity contribution in [2.45, 2.75) is 46.0 Å². The largest absolute Gasteiger partial charge is 0.494 e. The number of hydrogen-bond donors (Lipinski definition) is 0. The van der Waals surface area contributed by atoms with E-state index in [9.17, 15) is 0 Å². The summed E-state index contributed by atoms with van der Waals surface area (Å²) in [7, 11) is 0. The highest BCUT2D eigenvalue weighted by atomic mass is 32.1. The molecule has 0 fully saturated rings. The lowest BCUT2D eigenvalue weighted by atomic mass is 10.2. The van der Waals surface area contributed by atoms with Crippen LogP contribution in [-0.2, 0) is 0 Å². The zero-order valence-corrected chi connectivity index (χ0v) is 16.4. The number of unbranched alkanes of at least 4 members (excludes halogenated alkanes) is 4. The Morgan fingerprint density at radius 1 is 0.769 bits per heavy atom. The van der Waals surface area contributed by atoms with Gasteiger partial charge in [-0.1, -0.05) is 73.8 Å². The fourth-order valence-corrected chi connectivity index (χ4v) is 3.60. The van der Waals surface area contributed by atoms with Crippen LogP contribution >= 0.6 is 11.3 Å². The third-order valence-corrected chi connectivity index (χ3v) is 5.36. The standard InChI is InChI=1S/C22H26N2OS/c1-3-4-5-6-7-16-25-20-14-12-19(13-15-20)22-24-23-21(26-22)18-10-8-17(2)9-11-18/h8-15H,3-7,16H2,1-2H3. The minimum absolute atomic E-state index is 0.791. The zero-order valence-electron chi connectivity index (χ0n) is 15.6. The smallest absolute Gasteiger partial charge is 0.148 e. The summed E-state index contributed by atoms with van der Waals surface area (Å²) in [6, 6.07) is 16.6. The molecule has 1 aromatic heterocycles. The maximum Gasteiger partial charge on any atom is 0.148 e. The fraction of sp³-hybridized carbons (Fsp3) is 0.364. The molecule has 4 heteroatoms. The van der Waals surface area contributed by atoms with Crippen molar-refractivity contribution < 1.29 is 4.74 Å². The summed E-state index contributed by atoms with van der Waals surface area (Å²) >= 11 is 1.62. The van der Waals surface area contributed by atoms with Crippen LogP contribution < -0.4 is 4.74 Å². The molecule has 26 heavy (non-hydrogen) atoms. The first-order valence-electron chi connectivity index (χ1n) is 9.40. The van der Waals surface area contributed by atoms with E-state index in [1.807, 2.05) is 12.1 Å². The minimum atomic E-state index is 0.791. The zero-order chi connectivity index (χ0) is 18.2. The van der Waals surface area contributed by atoms with Gasteiger partial charge in [0.05, 0.1) is 6.61 Å². The molecule has 1 heterocycles. The van der Waals surface area contributed by atoms with E-state index in [0.717, 1.165) is 39.9 Å². The lowest BCUT2D eigenvalue weighted by molar-refractivity contribution is 0.304. The van der Waals surface area contributed by atoms with Gasteiger partial charge in [0.25, 0.3) is 0 Å². The molecular formula is C22H26N2OS. The van der Waals surface area contributed by atoms with Crippen LogP contribution in [0.3, 0.4) is 0 Å². The Labute approximate surface area is 160 Å². The molecule has 136 valence electrons. The van der Waals surface area contributed by atoms with Crippen LogP contribution in [0.15, 0.2) is 48.5 Å². The maximum absolute atomic E-state index is 5.83. The number of ether oxygens (including phenoxy) is 1. The Morgan fingerprint density at radius 3 is 1.96 bits per heavy atom. The highest BCUT2D eigenvalue weighted by molar-refractivity contribution is 7.17. The van der Waals surface area contributed by atoms with Gasteiger partial charge >= 0.3 is 0 Å². The Balaban J connectivity index is 1.56. The van der Waals surface area contributed by atoms with Gasteiger partial charge in [0, 0.05) is 11.1 Å². The lowest BCUT2D eigenvalue weighted by Crippen LogP contribution is -1.97. The molecular weight excluding hydrogens is 340 g/mol. The average Bonchev–Trinajstić information content (AvgIpc) is 3.16. The van der Waals surface area contributed by atoms with E-state index in [4.69, 9.17) is 4.74 Å². The molecule has 0 spiro atoms. The van der Waals surface area contributed by atoms with E-state index in [1.165, 1.54) is 31.2 Å². The van der Waals surface area contributed by atoms with Crippen molar-refractivity contribution in [1.82, 2.24) is 10.2 Å². The number of hydrogen-bond acceptors (Lipinski definition) is 4. The normalized spacial score (nSPS) is 10.8. The van der Waals surface area contributed by atoms with Crippen molar-refractivity contribution in [3.8, 4) is 26.9 Å². The van der Waals surface area contributed by atoms with E-state index in [2.05, 4.69) is 60.4 Å². The third-order valence-electron chi connectivity index (χ3n) is 4.34. The maximum atomic E-state index is 5.83. The Hall–Kier alpha value is -2.20. The quantitative estimate of drug-likeness (QED) is 0.404.